The van der Waals surface area contributed by atoms with Crippen LogP contribution < -0.4 is 5.73 Å². The van der Waals surface area contributed by atoms with Crippen LogP contribution in [0.5, 0.6) is 0 Å². The van der Waals surface area contributed by atoms with E-state index in [9.17, 15) is 0 Å². The zero-order valence-electron chi connectivity index (χ0n) is 14.4. The van der Waals surface area contributed by atoms with Crippen molar-refractivity contribution in [2.75, 3.05) is 0 Å². The van der Waals surface area contributed by atoms with Gasteiger partial charge in [-0.25, -0.2) is 0 Å². The average molecular weight is 298 g/mol. The second-order valence-corrected chi connectivity index (χ2v) is 14.0. The Labute approximate surface area is 129 Å². The molecular formula is C18H39NSi. The molecule has 0 bridgehead atoms. The van der Waals surface area contributed by atoms with Crippen molar-refractivity contribution < 1.29 is 0 Å². The van der Waals surface area contributed by atoms with Crippen molar-refractivity contribution in [2.24, 2.45) is 11.7 Å². The number of rotatable bonds is 10. The Morgan fingerprint density at radius 3 is 2.10 bits per heavy atom. The third-order valence-electron chi connectivity index (χ3n) is 4.91. The molecule has 0 aromatic carbocycles. The zero-order chi connectivity index (χ0) is 14.8. The summed E-state index contributed by atoms with van der Waals surface area (Å²) in [5.74, 6) is 1.05. The zero-order valence-corrected chi connectivity index (χ0v) is 15.4. The molecule has 20 heavy (non-hydrogen) atoms. The Hall–Kier alpha value is 0.177. The standard InChI is InChI=1S/C18H39NSi/c1-20(2,3)16-10-9-15-18(19)14-8-7-13-17-11-5-4-6-12-17/h17-18H,4-16,19H2,1-3H3. The molecule has 1 aliphatic carbocycles. The van der Waals surface area contributed by atoms with Gasteiger partial charge in [-0.15, -0.1) is 0 Å². The SMILES string of the molecule is C[Si](C)(C)CCCCC(N)CCCCC1CCCCC1. The lowest BCUT2D eigenvalue weighted by molar-refractivity contribution is 0.326. The molecule has 1 rings (SSSR count). The second-order valence-electron chi connectivity index (χ2n) is 8.36. The maximum absolute atomic E-state index is 6.25. The predicted octanol–water partition coefficient (Wildman–Crippen LogP) is 5.96. The molecule has 1 unspecified atom stereocenters. The first kappa shape index (κ1) is 18.2. The molecule has 1 saturated carbocycles. The second kappa shape index (κ2) is 10.00. The summed E-state index contributed by atoms with van der Waals surface area (Å²) in [5, 5.41) is 0. The summed E-state index contributed by atoms with van der Waals surface area (Å²) in [7, 11) is -0.821. The molecule has 1 atom stereocenters. The van der Waals surface area contributed by atoms with Crippen LogP contribution in [0.3, 0.4) is 0 Å². The van der Waals surface area contributed by atoms with Crippen LogP contribution in [0, 0.1) is 5.92 Å². The Morgan fingerprint density at radius 2 is 1.50 bits per heavy atom. The topological polar surface area (TPSA) is 26.0 Å². The monoisotopic (exact) mass is 297 g/mol. The first-order valence-electron chi connectivity index (χ1n) is 9.23. The summed E-state index contributed by atoms with van der Waals surface area (Å²) >= 11 is 0. The van der Waals surface area contributed by atoms with E-state index >= 15 is 0 Å². The summed E-state index contributed by atoms with van der Waals surface area (Å²) in [6.45, 7) is 7.41. The quantitative estimate of drug-likeness (QED) is 0.390. The first-order valence-corrected chi connectivity index (χ1v) is 12.9. The highest BCUT2D eigenvalue weighted by Gasteiger charge is 2.14. The van der Waals surface area contributed by atoms with Crippen LogP contribution in [-0.4, -0.2) is 14.1 Å². The molecule has 0 radical (unpaired) electrons. The number of hydrogen-bond donors (Lipinski definition) is 1. The van der Waals surface area contributed by atoms with Gasteiger partial charge in [-0.1, -0.05) is 89.9 Å². The van der Waals surface area contributed by atoms with Gasteiger partial charge in [-0.3, -0.25) is 0 Å². The predicted molar refractivity (Wildman–Crippen MR) is 95.0 cm³/mol. The summed E-state index contributed by atoms with van der Waals surface area (Å²) in [6.07, 6.45) is 17.0. The minimum absolute atomic E-state index is 0.475. The van der Waals surface area contributed by atoms with Crippen molar-refractivity contribution in [1.29, 1.82) is 0 Å². The van der Waals surface area contributed by atoms with E-state index in [-0.39, 0.29) is 0 Å². The number of hydrogen-bond acceptors (Lipinski definition) is 1. The number of unbranched alkanes of at least 4 members (excludes halogenated alkanes) is 2. The van der Waals surface area contributed by atoms with Crippen molar-refractivity contribution in [3.63, 3.8) is 0 Å². The fourth-order valence-electron chi connectivity index (χ4n) is 3.52. The van der Waals surface area contributed by atoms with Crippen LogP contribution in [0.2, 0.25) is 25.7 Å². The van der Waals surface area contributed by atoms with E-state index in [0.717, 1.165) is 5.92 Å². The van der Waals surface area contributed by atoms with Gasteiger partial charge in [0.2, 0.25) is 0 Å². The highest BCUT2D eigenvalue weighted by atomic mass is 28.3. The van der Waals surface area contributed by atoms with Crippen molar-refractivity contribution in [3.8, 4) is 0 Å². The van der Waals surface area contributed by atoms with Gasteiger partial charge in [0.25, 0.3) is 0 Å². The first-order chi connectivity index (χ1) is 9.47. The minimum atomic E-state index is -0.821. The fourth-order valence-corrected chi connectivity index (χ4v) is 4.83. The van der Waals surface area contributed by atoms with Crippen LogP contribution in [0.15, 0.2) is 0 Å². The normalized spacial score (nSPS) is 19.2. The maximum Gasteiger partial charge on any atom is 0.0442 e. The molecule has 0 saturated heterocycles. The fraction of sp³-hybridized carbons (Fsp3) is 1.00. The van der Waals surface area contributed by atoms with Crippen molar-refractivity contribution in [2.45, 2.75) is 109 Å². The van der Waals surface area contributed by atoms with Crippen molar-refractivity contribution in [3.05, 3.63) is 0 Å². The van der Waals surface area contributed by atoms with Gasteiger partial charge in [0.15, 0.2) is 0 Å². The summed E-state index contributed by atoms with van der Waals surface area (Å²) in [5.41, 5.74) is 6.25. The Morgan fingerprint density at radius 1 is 0.900 bits per heavy atom. The molecule has 0 spiro atoms. The summed E-state index contributed by atoms with van der Waals surface area (Å²) in [4.78, 5) is 0. The number of nitrogens with two attached hydrogens (primary N) is 1. The van der Waals surface area contributed by atoms with Gasteiger partial charge in [-0.2, -0.15) is 0 Å². The third-order valence-corrected chi connectivity index (χ3v) is 6.77. The van der Waals surface area contributed by atoms with E-state index in [1.807, 2.05) is 0 Å². The van der Waals surface area contributed by atoms with E-state index in [4.69, 9.17) is 5.73 Å². The van der Waals surface area contributed by atoms with Crippen LogP contribution >= 0.6 is 0 Å². The lowest BCUT2D eigenvalue weighted by Crippen LogP contribution is -2.21. The van der Waals surface area contributed by atoms with Crippen LogP contribution in [-0.2, 0) is 0 Å². The third kappa shape index (κ3) is 9.98. The molecular weight excluding hydrogens is 258 g/mol. The molecule has 1 fully saturated rings. The Balaban J connectivity index is 1.90. The molecule has 0 aliphatic heterocycles. The van der Waals surface area contributed by atoms with Crippen LogP contribution in [0.1, 0.15) is 77.0 Å². The lowest BCUT2D eigenvalue weighted by Gasteiger charge is -2.21. The van der Waals surface area contributed by atoms with Gasteiger partial charge in [0, 0.05) is 14.1 Å². The summed E-state index contributed by atoms with van der Waals surface area (Å²) in [6, 6.07) is 1.95. The molecule has 1 aliphatic rings. The molecule has 0 heterocycles. The molecule has 2 heteroatoms. The van der Waals surface area contributed by atoms with Crippen molar-refractivity contribution >= 4 is 8.07 Å². The van der Waals surface area contributed by atoms with E-state index in [1.165, 1.54) is 83.1 Å². The smallest absolute Gasteiger partial charge is 0.0442 e. The molecule has 120 valence electrons. The summed E-state index contributed by atoms with van der Waals surface area (Å²) < 4.78 is 0. The Bertz CT molecular complexity index is 228. The Kier molecular flexibility index (Phi) is 9.11. The van der Waals surface area contributed by atoms with Gasteiger partial charge >= 0.3 is 0 Å². The highest BCUT2D eigenvalue weighted by molar-refractivity contribution is 6.76. The van der Waals surface area contributed by atoms with Gasteiger partial charge in [0.05, 0.1) is 0 Å². The maximum atomic E-state index is 6.25. The van der Waals surface area contributed by atoms with E-state index < -0.39 is 8.07 Å². The van der Waals surface area contributed by atoms with E-state index in [0.29, 0.717) is 6.04 Å². The molecule has 0 amide bonds. The van der Waals surface area contributed by atoms with Gasteiger partial charge in [-0.05, 0) is 18.8 Å². The molecule has 1 nitrogen and oxygen atoms in total. The largest absolute Gasteiger partial charge is 0.328 e. The average Bonchev–Trinajstić information content (AvgIpc) is 2.40. The lowest BCUT2D eigenvalue weighted by atomic mass is 9.85. The van der Waals surface area contributed by atoms with E-state index in [1.54, 1.807) is 0 Å². The van der Waals surface area contributed by atoms with Gasteiger partial charge < -0.3 is 5.73 Å². The molecule has 0 aromatic heterocycles. The molecule has 2 N–H and O–H groups in total. The van der Waals surface area contributed by atoms with E-state index in [2.05, 4.69) is 19.6 Å². The minimum Gasteiger partial charge on any atom is -0.328 e. The van der Waals surface area contributed by atoms with Gasteiger partial charge in [0.1, 0.15) is 0 Å². The highest BCUT2D eigenvalue weighted by Crippen LogP contribution is 2.28. The van der Waals surface area contributed by atoms with Crippen molar-refractivity contribution in [1.82, 2.24) is 0 Å². The van der Waals surface area contributed by atoms with Crippen LogP contribution in [0.4, 0.5) is 0 Å². The van der Waals surface area contributed by atoms with Crippen LogP contribution in [0.25, 0.3) is 0 Å². The molecule has 0 aromatic rings.